The summed E-state index contributed by atoms with van der Waals surface area (Å²) in [6.07, 6.45) is 2.71. The normalized spacial score (nSPS) is 11.2. The monoisotopic (exact) mass is 678 g/mol. The first-order valence-corrected chi connectivity index (χ1v) is 16.1. The maximum Gasteiger partial charge on any atom is 0.346 e. The molecule has 6 rings (SSSR count). The Balaban J connectivity index is 1.28. The van der Waals surface area contributed by atoms with Gasteiger partial charge in [0, 0.05) is 34.1 Å². The molecule has 8 nitrogen and oxygen atoms in total. The topological polar surface area (TPSA) is 109 Å². The van der Waals surface area contributed by atoms with Gasteiger partial charge in [-0.3, -0.25) is 4.79 Å². The van der Waals surface area contributed by atoms with Crippen molar-refractivity contribution in [2.24, 2.45) is 0 Å². The van der Waals surface area contributed by atoms with Crippen molar-refractivity contribution in [3.05, 3.63) is 192 Å². The number of para-hydroxylation sites is 2. The molecule has 0 saturated heterocycles. The fourth-order valence-corrected chi connectivity index (χ4v) is 5.70. The van der Waals surface area contributed by atoms with E-state index in [0.29, 0.717) is 11.1 Å². The number of carbonyl (C=O) groups is 2. The van der Waals surface area contributed by atoms with Crippen molar-refractivity contribution in [2.45, 2.75) is 0 Å². The van der Waals surface area contributed by atoms with Crippen LogP contribution in [0.1, 0.15) is 11.1 Å². The zero-order chi connectivity index (χ0) is 36.5. The largest absolute Gasteiger partial charge is 0.486 e. The summed E-state index contributed by atoms with van der Waals surface area (Å²) in [5.41, 5.74) is 8.11. The summed E-state index contributed by atoms with van der Waals surface area (Å²) in [5, 5.41) is 27.6. The number of aliphatic carboxylic acids is 2. The van der Waals surface area contributed by atoms with Gasteiger partial charge in [-0.1, -0.05) is 84.9 Å². The van der Waals surface area contributed by atoms with E-state index in [1.807, 2.05) is 84.9 Å². The average molecular weight is 679 g/mol. The van der Waals surface area contributed by atoms with Gasteiger partial charge in [-0.25, -0.2) is 9.64 Å². The van der Waals surface area contributed by atoms with E-state index in [1.165, 1.54) is 12.2 Å². The highest BCUT2D eigenvalue weighted by molar-refractivity contribution is 5.96. The number of hydrogen-bond donors (Lipinski definition) is 2. The summed E-state index contributed by atoms with van der Waals surface area (Å²) in [4.78, 5) is 29.9. The van der Waals surface area contributed by atoms with E-state index in [1.54, 1.807) is 30.3 Å². The highest BCUT2D eigenvalue weighted by atomic mass is 16.4. The molecule has 0 aliphatic rings. The highest BCUT2D eigenvalue weighted by Crippen LogP contribution is 2.38. The van der Waals surface area contributed by atoms with Gasteiger partial charge in [-0.15, -0.1) is 0 Å². The Morgan fingerprint density at radius 1 is 0.519 bits per heavy atom. The van der Waals surface area contributed by atoms with Crippen LogP contribution in [0.4, 0.5) is 34.1 Å². The summed E-state index contributed by atoms with van der Waals surface area (Å²) in [7, 11) is 0. The van der Waals surface area contributed by atoms with Gasteiger partial charge in [0.05, 0.1) is 6.57 Å². The van der Waals surface area contributed by atoms with E-state index >= 15 is 0 Å². The van der Waals surface area contributed by atoms with E-state index in [-0.39, 0.29) is 11.3 Å². The number of carboxylic acid groups (broad SMARTS) is 2. The minimum atomic E-state index is -1.27. The van der Waals surface area contributed by atoms with Crippen molar-refractivity contribution in [2.75, 3.05) is 9.80 Å². The summed E-state index contributed by atoms with van der Waals surface area (Å²) in [6, 6.07) is 52.8. The van der Waals surface area contributed by atoms with Crippen LogP contribution in [0.15, 0.2) is 169 Å². The van der Waals surface area contributed by atoms with Crippen LogP contribution in [0.3, 0.4) is 0 Å². The molecule has 0 saturated carbocycles. The van der Waals surface area contributed by atoms with E-state index in [0.717, 1.165) is 45.3 Å². The lowest BCUT2D eigenvalue weighted by molar-refractivity contribution is -0.133. The molecule has 0 unspecified atom stereocenters. The van der Waals surface area contributed by atoms with Gasteiger partial charge in [-0.2, -0.15) is 5.26 Å². The second-order valence-corrected chi connectivity index (χ2v) is 11.5. The number of nitriles is 1. The van der Waals surface area contributed by atoms with Crippen molar-refractivity contribution < 1.29 is 19.8 Å². The molecule has 0 spiro atoms. The summed E-state index contributed by atoms with van der Waals surface area (Å²) >= 11 is 0. The standard InChI is InChI=1S/C44H30N4O4/c1-46-42(44(51)52)29-32-14-22-39(23-15-32)48(37-10-6-3-7-11-37)41-26-18-34(19-27-41)33-16-24-40(25-17-33)47(36-8-4-2-5-9-36)38-20-12-31(13-21-38)28-35(30-45)43(49)50/h2-29H,(H,49,50)(H,51,52). The fourth-order valence-electron chi connectivity index (χ4n) is 5.70. The van der Waals surface area contributed by atoms with Gasteiger partial charge in [0.1, 0.15) is 11.6 Å². The minimum Gasteiger partial charge on any atom is -0.486 e. The third-order valence-electron chi connectivity index (χ3n) is 8.22. The maximum atomic E-state index is 11.3. The Kier molecular flexibility index (Phi) is 10.3. The molecule has 8 heteroatoms. The van der Waals surface area contributed by atoms with Gasteiger partial charge in [0.25, 0.3) is 5.70 Å². The first kappa shape index (κ1) is 34.2. The number of benzene rings is 6. The lowest BCUT2D eigenvalue weighted by Gasteiger charge is -2.26. The number of rotatable bonds is 11. The van der Waals surface area contributed by atoms with Crippen LogP contribution in [-0.4, -0.2) is 22.2 Å². The summed E-state index contributed by atoms with van der Waals surface area (Å²) in [5.74, 6) is -2.53. The highest BCUT2D eigenvalue weighted by Gasteiger charge is 2.15. The molecule has 250 valence electrons. The molecule has 6 aromatic carbocycles. The molecule has 0 aliphatic heterocycles. The van der Waals surface area contributed by atoms with Crippen molar-refractivity contribution >= 4 is 58.2 Å². The van der Waals surface area contributed by atoms with Crippen molar-refractivity contribution in [3.8, 4) is 17.2 Å². The Hall–Kier alpha value is -7.68. The van der Waals surface area contributed by atoms with E-state index in [2.05, 4.69) is 63.2 Å². The third-order valence-corrected chi connectivity index (χ3v) is 8.22. The number of hydrogen-bond acceptors (Lipinski definition) is 5. The van der Waals surface area contributed by atoms with Crippen LogP contribution in [-0.2, 0) is 9.59 Å². The zero-order valence-electron chi connectivity index (χ0n) is 27.7. The Bertz CT molecular complexity index is 2170. The predicted molar refractivity (Wildman–Crippen MR) is 205 cm³/mol. The lowest BCUT2D eigenvalue weighted by atomic mass is 10.0. The first-order valence-electron chi connectivity index (χ1n) is 16.1. The molecular formula is C44H30N4O4. The molecule has 0 aromatic heterocycles. The molecule has 0 aliphatic carbocycles. The summed E-state index contributed by atoms with van der Waals surface area (Å²) in [6.45, 7) is 7.14. The average Bonchev–Trinajstić information content (AvgIpc) is 3.18. The van der Waals surface area contributed by atoms with Crippen LogP contribution >= 0.6 is 0 Å². The molecule has 6 aromatic rings. The zero-order valence-corrected chi connectivity index (χ0v) is 27.7. The quantitative estimate of drug-likeness (QED) is 0.0797. The minimum absolute atomic E-state index is 0.331. The number of anilines is 6. The first-order chi connectivity index (χ1) is 25.3. The molecule has 52 heavy (non-hydrogen) atoms. The Labute approximate surface area is 301 Å². The number of carboxylic acids is 2. The molecule has 0 atom stereocenters. The molecule has 0 radical (unpaired) electrons. The molecule has 0 amide bonds. The second-order valence-electron chi connectivity index (χ2n) is 11.5. The van der Waals surface area contributed by atoms with Crippen molar-refractivity contribution in [3.63, 3.8) is 0 Å². The Morgan fingerprint density at radius 2 is 0.865 bits per heavy atom. The smallest absolute Gasteiger partial charge is 0.346 e. The van der Waals surface area contributed by atoms with Gasteiger partial charge in [-0.05, 0) is 107 Å². The van der Waals surface area contributed by atoms with Crippen LogP contribution in [0.2, 0.25) is 0 Å². The van der Waals surface area contributed by atoms with Crippen LogP contribution < -0.4 is 9.80 Å². The third kappa shape index (κ3) is 7.79. The molecule has 2 N–H and O–H groups in total. The fraction of sp³-hybridized carbons (Fsp3) is 0. The van der Waals surface area contributed by atoms with Crippen LogP contribution in [0, 0.1) is 17.9 Å². The predicted octanol–water partition coefficient (Wildman–Crippen LogP) is 10.6. The van der Waals surface area contributed by atoms with E-state index < -0.39 is 11.9 Å². The maximum absolute atomic E-state index is 11.3. The van der Waals surface area contributed by atoms with Crippen molar-refractivity contribution in [1.29, 1.82) is 5.26 Å². The van der Waals surface area contributed by atoms with E-state index in [4.69, 9.17) is 11.8 Å². The lowest BCUT2D eigenvalue weighted by Crippen LogP contribution is -2.10. The van der Waals surface area contributed by atoms with E-state index in [9.17, 15) is 19.8 Å². The summed E-state index contributed by atoms with van der Waals surface area (Å²) < 4.78 is 0. The molecular weight excluding hydrogens is 649 g/mol. The van der Waals surface area contributed by atoms with Gasteiger partial charge in [0.2, 0.25) is 0 Å². The van der Waals surface area contributed by atoms with Gasteiger partial charge >= 0.3 is 11.9 Å². The SMILES string of the molecule is [C-]#[N+]C(=Cc1ccc(N(c2ccccc2)c2ccc(-c3ccc(N(c4ccccc4)c4ccc(C=C(C#N)C(=O)O)cc4)cc3)cc2)cc1)C(=O)O. The molecule has 0 heterocycles. The van der Waals surface area contributed by atoms with Crippen molar-refractivity contribution in [1.82, 2.24) is 0 Å². The van der Waals surface area contributed by atoms with Crippen LogP contribution in [0.25, 0.3) is 28.1 Å². The Morgan fingerprint density at radius 3 is 1.19 bits per heavy atom. The molecule has 0 bridgehead atoms. The number of nitrogens with zero attached hydrogens (tertiary/aromatic N) is 4. The van der Waals surface area contributed by atoms with Crippen LogP contribution in [0.5, 0.6) is 0 Å². The molecule has 0 fully saturated rings. The van der Waals surface area contributed by atoms with Gasteiger partial charge < -0.3 is 20.0 Å². The second kappa shape index (κ2) is 15.7. The van der Waals surface area contributed by atoms with Gasteiger partial charge in [0.15, 0.2) is 0 Å².